The Labute approximate surface area is 157 Å². The second-order valence-electron chi connectivity index (χ2n) is 5.86. The molecular formula is C20H14FN3O2S. The van der Waals surface area contributed by atoms with E-state index in [2.05, 4.69) is 15.3 Å². The van der Waals surface area contributed by atoms with Gasteiger partial charge in [-0.2, -0.15) is 0 Å². The van der Waals surface area contributed by atoms with E-state index in [1.54, 1.807) is 42.8 Å². The highest BCUT2D eigenvalue weighted by molar-refractivity contribution is 7.13. The van der Waals surface area contributed by atoms with Gasteiger partial charge >= 0.3 is 0 Å². The molecule has 1 N–H and O–H groups in total. The summed E-state index contributed by atoms with van der Waals surface area (Å²) in [5.74, 6) is -0.907. The number of hydrogen-bond donors (Lipinski definition) is 1. The summed E-state index contributed by atoms with van der Waals surface area (Å²) in [6.45, 7) is 1.79. The SMILES string of the molecule is Cc1ccc(N=c2oc3ccccc3cc2C(=O)Nc2nccs2)c(F)c1. The van der Waals surface area contributed by atoms with E-state index in [-0.39, 0.29) is 16.8 Å². The number of nitrogens with one attached hydrogen (secondary N) is 1. The summed E-state index contributed by atoms with van der Waals surface area (Å²) < 4.78 is 20.1. The van der Waals surface area contributed by atoms with Gasteiger partial charge in [0.15, 0.2) is 5.13 Å². The maximum Gasteiger partial charge on any atom is 0.262 e. The van der Waals surface area contributed by atoms with Crippen LogP contribution >= 0.6 is 11.3 Å². The number of halogens is 1. The molecule has 27 heavy (non-hydrogen) atoms. The Hall–Kier alpha value is -3.32. The van der Waals surface area contributed by atoms with Gasteiger partial charge < -0.3 is 4.42 Å². The lowest BCUT2D eigenvalue weighted by molar-refractivity contribution is 0.102. The Kier molecular flexibility index (Phi) is 4.52. The first-order valence-electron chi connectivity index (χ1n) is 8.15. The van der Waals surface area contributed by atoms with E-state index in [0.29, 0.717) is 10.7 Å². The summed E-state index contributed by atoms with van der Waals surface area (Å²) >= 11 is 1.30. The summed E-state index contributed by atoms with van der Waals surface area (Å²) in [7, 11) is 0. The van der Waals surface area contributed by atoms with Gasteiger partial charge in [0.05, 0.1) is 0 Å². The predicted octanol–water partition coefficient (Wildman–Crippen LogP) is 4.82. The zero-order chi connectivity index (χ0) is 18.8. The number of benzene rings is 2. The standard InChI is InChI=1S/C20H14FN3O2S/c1-12-6-7-16(15(21)10-12)23-19-14(18(25)24-20-22-8-9-27-20)11-13-4-2-3-5-17(13)26-19/h2-11H,1H3,(H,22,24,25). The predicted molar refractivity (Wildman–Crippen MR) is 103 cm³/mol. The van der Waals surface area contributed by atoms with E-state index in [9.17, 15) is 9.18 Å². The first-order chi connectivity index (χ1) is 13.1. The van der Waals surface area contributed by atoms with Crippen LogP contribution in [0.2, 0.25) is 0 Å². The summed E-state index contributed by atoms with van der Waals surface area (Å²) in [6.07, 6.45) is 1.60. The summed E-state index contributed by atoms with van der Waals surface area (Å²) in [5, 5.41) is 5.66. The number of nitrogens with zero attached hydrogens (tertiary/aromatic N) is 2. The molecule has 134 valence electrons. The molecule has 2 aromatic heterocycles. The number of hydrogen-bond acceptors (Lipinski definition) is 5. The number of amides is 1. The van der Waals surface area contributed by atoms with Crippen LogP contribution in [0.1, 0.15) is 15.9 Å². The number of fused-ring (bicyclic) bond motifs is 1. The Morgan fingerprint density at radius 1 is 1.22 bits per heavy atom. The van der Waals surface area contributed by atoms with Crippen LogP contribution in [-0.2, 0) is 0 Å². The number of thiazole rings is 1. The molecule has 4 rings (SSSR count). The zero-order valence-corrected chi connectivity index (χ0v) is 15.1. The zero-order valence-electron chi connectivity index (χ0n) is 14.3. The van der Waals surface area contributed by atoms with Crippen LogP contribution in [0.4, 0.5) is 15.2 Å². The van der Waals surface area contributed by atoms with E-state index >= 15 is 0 Å². The molecule has 0 fully saturated rings. The van der Waals surface area contributed by atoms with Crippen molar-refractivity contribution in [2.75, 3.05) is 5.32 Å². The molecule has 5 nitrogen and oxygen atoms in total. The molecule has 0 spiro atoms. The molecular weight excluding hydrogens is 365 g/mol. The van der Waals surface area contributed by atoms with Gasteiger partial charge in [0.1, 0.15) is 22.7 Å². The summed E-state index contributed by atoms with van der Waals surface area (Å²) in [6, 6.07) is 13.6. The van der Waals surface area contributed by atoms with Gasteiger partial charge in [0.2, 0.25) is 5.55 Å². The van der Waals surface area contributed by atoms with Gasteiger partial charge in [-0.1, -0.05) is 24.3 Å². The largest absolute Gasteiger partial charge is 0.438 e. The topological polar surface area (TPSA) is 67.5 Å². The van der Waals surface area contributed by atoms with Crippen LogP contribution in [0.15, 0.2) is 69.5 Å². The fourth-order valence-corrected chi connectivity index (χ4v) is 3.10. The van der Waals surface area contributed by atoms with Crippen molar-refractivity contribution in [3.05, 3.63) is 82.6 Å². The maximum atomic E-state index is 14.2. The minimum absolute atomic E-state index is 0.0329. The van der Waals surface area contributed by atoms with E-state index in [0.717, 1.165) is 10.9 Å². The highest BCUT2D eigenvalue weighted by Gasteiger charge is 2.14. The molecule has 4 aromatic rings. The fourth-order valence-electron chi connectivity index (χ4n) is 2.58. The molecule has 0 atom stereocenters. The number of aromatic nitrogens is 1. The first-order valence-corrected chi connectivity index (χ1v) is 9.03. The molecule has 0 saturated carbocycles. The minimum Gasteiger partial charge on any atom is -0.438 e. The van der Waals surface area contributed by atoms with E-state index in [4.69, 9.17) is 4.42 Å². The maximum absolute atomic E-state index is 14.2. The summed E-state index contributed by atoms with van der Waals surface area (Å²) in [4.78, 5) is 21.1. The Balaban J connectivity index is 1.89. The number of carbonyl (C=O) groups is 1. The molecule has 0 aliphatic heterocycles. The van der Waals surface area contributed by atoms with Gasteiger partial charge in [-0.25, -0.2) is 14.4 Å². The monoisotopic (exact) mass is 379 g/mol. The molecule has 0 saturated heterocycles. The van der Waals surface area contributed by atoms with Crippen molar-refractivity contribution >= 4 is 39.0 Å². The molecule has 0 bridgehead atoms. The highest BCUT2D eigenvalue weighted by Crippen LogP contribution is 2.20. The first kappa shape index (κ1) is 17.1. The van der Waals surface area contributed by atoms with Gasteiger partial charge in [-0.3, -0.25) is 10.1 Å². The van der Waals surface area contributed by atoms with Crippen LogP contribution in [-0.4, -0.2) is 10.9 Å². The molecule has 7 heteroatoms. The van der Waals surface area contributed by atoms with Gasteiger partial charge in [-0.05, 0) is 36.8 Å². The Bertz CT molecular complexity index is 1200. The lowest BCUT2D eigenvalue weighted by Crippen LogP contribution is -2.21. The van der Waals surface area contributed by atoms with Crippen LogP contribution in [0.25, 0.3) is 11.0 Å². The number of rotatable bonds is 3. The lowest BCUT2D eigenvalue weighted by Gasteiger charge is -2.05. The van der Waals surface area contributed by atoms with Gasteiger partial charge in [-0.15, -0.1) is 11.3 Å². The quantitative estimate of drug-likeness (QED) is 0.555. The number of aryl methyl sites for hydroxylation is 1. The second kappa shape index (κ2) is 7.13. The van der Waals surface area contributed by atoms with E-state index < -0.39 is 11.7 Å². The smallest absolute Gasteiger partial charge is 0.262 e. The van der Waals surface area contributed by atoms with Crippen molar-refractivity contribution < 1.29 is 13.6 Å². The molecule has 0 unspecified atom stereocenters. The van der Waals surface area contributed by atoms with Crippen LogP contribution in [0.3, 0.4) is 0 Å². The third-order valence-electron chi connectivity index (χ3n) is 3.88. The third kappa shape index (κ3) is 3.63. The van der Waals surface area contributed by atoms with Crippen molar-refractivity contribution in [3.63, 3.8) is 0 Å². The average molecular weight is 379 g/mol. The van der Waals surface area contributed by atoms with Crippen molar-refractivity contribution in [3.8, 4) is 0 Å². The molecule has 1 amide bonds. The van der Waals surface area contributed by atoms with Gasteiger partial charge in [0, 0.05) is 17.0 Å². The van der Waals surface area contributed by atoms with Crippen LogP contribution < -0.4 is 10.9 Å². The third-order valence-corrected chi connectivity index (χ3v) is 4.57. The van der Waals surface area contributed by atoms with Crippen LogP contribution in [0.5, 0.6) is 0 Å². The van der Waals surface area contributed by atoms with Crippen molar-refractivity contribution in [1.82, 2.24) is 4.98 Å². The summed E-state index contributed by atoms with van der Waals surface area (Å²) in [5.41, 5.74) is 1.66. The highest BCUT2D eigenvalue weighted by atomic mass is 32.1. The molecule has 2 heterocycles. The number of carbonyl (C=O) groups excluding carboxylic acids is 1. The molecule has 0 aliphatic rings. The van der Waals surface area contributed by atoms with Crippen molar-refractivity contribution in [2.24, 2.45) is 4.99 Å². The Morgan fingerprint density at radius 3 is 2.85 bits per heavy atom. The number of para-hydroxylation sites is 1. The van der Waals surface area contributed by atoms with E-state index in [1.165, 1.54) is 17.4 Å². The second-order valence-corrected chi connectivity index (χ2v) is 6.76. The van der Waals surface area contributed by atoms with E-state index in [1.807, 2.05) is 18.2 Å². The normalized spacial score (nSPS) is 11.7. The van der Waals surface area contributed by atoms with Crippen LogP contribution in [0, 0.1) is 12.7 Å². The fraction of sp³-hybridized carbons (Fsp3) is 0.0500. The van der Waals surface area contributed by atoms with Crippen molar-refractivity contribution in [2.45, 2.75) is 6.92 Å². The molecule has 2 aromatic carbocycles. The number of anilines is 1. The van der Waals surface area contributed by atoms with Crippen molar-refractivity contribution in [1.29, 1.82) is 0 Å². The molecule has 0 radical (unpaired) electrons. The van der Waals surface area contributed by atoms with Gasteiger partial charge in [0.25, 0.3) is 5.91 Å². The Morgan fingerprint density at radius 2 is 2.07 bits per heavy atom. The average Bonchev–Trinajstić information content (AvgIpc) is 3.16. The lowest BCUT2D eigenvalue weighted by atomic mass is 10.1. The molecule has 0 aliphatic carbocycles. The minimum atomic E-state index is -0.482.